The summed E-state index contributed by atoms with van der Waals surface area (Å²) in [5.41, 5.74) is 14.1. The third-order valence-corrected chi connectivity index (χ3v) is 22.3. The first kappa shape index (κ1) is 44.9. The molecule has 371 valence electrons. The summed E-state index contributed by atoms with van der Waals surface area (Å²) in [4.78, 5) is 35.5. The molecular formula is C72H40N8Tl. The quantitative estimate of drug-likeness (QED) is 0.157. The van der Waals surface area contributed by atoms with Gasteiger partial charge in [0.05, 0.1) is 0 Å². The normalized spacial score (nSPS) is 13.7. The van der Waals surface area contributed by atoms with Crippen LogP contribution in [0.4, 0.5) is 11.6 Å². The van der Waals surface area contributed by atoms with Crippen LogP contribution in [-0.4, -0.2) is 52.9 Å². The van der Waals surface area contributed by atoms with E-state index in [1.165, 1.54) is 0 Å². The van der Waals surface area contributed by atoms with Crippen molar-refractivity contribution in [1.29, 1.82) is 0 Å². The van der Waals surface area contributed by atoms with Crippen molar-refractivity contribution in [2.24, 2.45) is 30.0 Å². The topological polar surface area (TPSA) is 84.0 Å². The number of amidine groups is 4. The molecule has 0 fully saturated rings. The van der Waals surface area contributed by atoms with Crippen molar-refractivity contribution in [1.82, 2.24) is 4.75 Å². The summed E-state index contributed by atoms with van der Waals surface area (Å²) >= 11 is -2.90. The van der Waals surface area contributed by atoms with Crippen molar-refractivity contribution >= 4 is 124 Å². The molecule has 4 aliphatic heterocycles. The van der Waals surface area contributed by atoms with Crippen LogP contribution in [0.3, 0.4) is 0 Å². The molecule has 0 N–H and O–H groups in total. The molecule has 12 aromatic carbocycles. The van der Waals surface area contributed by atoms with Gasteiger partial charge < -0.3 is 0 Å². The number of rotatable bonds is 4. The van der Waals surface area contributed by atoms with Gasteiger partial charge in [0, 0.05) is 0 Å². The Bertz CT molecular complexity index is 5400. The Morgan fingerprint density at radius 3 is 1.14 bits per heavy atom. The van der Waals surface area contributed by atoms with E-state index in [0.29, 0.717) is 23.3 Å². The van der Waals surface area contributed by atoms with Gasteiger partial charge in [-0.3, -0.25) is 0 Å². The van der Waals surface area contributed by atoms with Crippen LogP contribution in [0, 0.1) is 0 Å². The van der Waals surface area contributed by atoms with Gasteiger partial charge in [-0.25, -0.2) is 0 Å². The number of aromatic nitrogens is 2. The second-order valence-electron chi connectivity index (χ2n) is 21.2. The molecule has 6 bridgehead atoms. The van der Waals surface area contributed by atoms with E-state index >= 15 is 0 Å². The predicted molar refractivity (Wildman–Crippen MR) is 333 cm³/mol. The van der Waals surface area contributed by atoms with E-state index in [-0.39, 0.29) is 0 Å². The molecule has 9 heteroatoms. The molecule has 4 aliphatic rings. The number of benzene rings is 12. The zero-order chi connectivity index (χ0) is 52.9. The molecule has 0 radical (unpaired) electrons. The predicted octanol–water partition coefficient (Wildman–Crippen LogP) is 15.8. The van der Waals surface area contributed by atoms with Gasteiger partial charge in [-0.05, 0) is 0 Å². The third-order valence-electron chi connectivity index (χ3n) is 16.7. The molecule has 0 spiro atoms. The Labute approximate surface area is 476 Å². The first-order valence-corrected chi connectivity index (χ1v) is 31.4. The molecular weight excluding hydrogens is 1180 g/mol. The molecule has 0 amide bonds. The van der Waals surface area contributed by atoms with Gasteiger partial charge in [0.25, 0.3) is 0 Å². The van der Waals surface area contributed by atoms with Crippen LogP contribution in [0.15, 0.2) is 273 Å². The average Bonchev–Trinajstić information content (AvgIpc) is 3.33. The minimum absolute atomic E-state index is 0.616. The molecule has 81 heavy (non-hydrogen) atoms. The molecule has 0 saturated heterocycles. The van der Waals surface area contributed by atoms with Gasteiger partial charge >= 0.3 is 480 Å². The maximum atomic E-state index is 6.03. The second kappa shape index (κ2) is 17.2. The van der Waals surface area contributed by atoms with Crippen LogP contribution >= 0.6 is 0 Å². The van der Waals surface area contributed by atoms with Crippen LogP contribution in [0.25, 0.3) is 109 Å². The van der Waals surface area contributed by atoms with Gasteiger partial charge in [-0.1, -0.05) is 0 Å². The number of nitrogens with zero attached hydrogens (tertiary/aromatic N) is 8. The maximum absolute atomic E-state index is 6.03. The van der Waals surface area contributed by atoms with E-state index in [0.717, 1.165) is 154 Å². The van der Waals surface area contributed by atoms with Crippen molar-refractivity contribution in [3.8, 4) is 44.5 Å². The van der Waals surface area contributed by atoms with Crippen molar-refractivity contribution in [2.75, 3.05) is 0 Å². The Balaban J connectivity index is 1.11. The van der Waals surface area contributed by atoms with Gasteiger partial charge in [-0.2, -0.15) is 0 Å². The van der Waals surface area contributed by atoms with Crippen molar-refractivity contribution in [3.05, 3.63) is 276 Å². The van der Waals surface area contributed by atoms with E-state index in [1.807, 2.05) is 0 Å². The summed E-state index contributed by atoms with van der Waals surface area (Å²) < 4.78 is 5.02. The second-order valence-corrected chi connectivity index (χ2v) is 26.1. The number of hydrogen-bond acceptors (Lipinski definition) is 6. The molecule has 0 atom stereocenters. The van der Waals surface area contributed by atoms with E-state index in [9.17, 15) is 0 Å². The Morgan fingerprint density at radius 1 is 0.247 bits per heavy atom. The summed E-state index contributed by atoms with van der Waals surface area (Å²) in [6, 6.07) is 87.2. The van der Waals surface area contributed by atoms with Crippen molar-refractivity contribution < 1.29 is 0 Å². The SMILES string of the molecule is c1ccc(-c2c3c(cc4ccccc24)C2=Nc4c5c(-c6ccccc6)c6ccccc6cc5c5[n]4[Tl][n]4c(c6cc7ccccc7c(-c7ccccc7)c6c4=NC4=NC(=N5)c5c4cc4ccccc4c5-c4ccccc4)=NC3=N2)cc1. The Morgan fingerprint density at radius 2 is 0.617 bits per heavy atom. The molecule has 18 rings (SSSR count). The molecule has 2 aromatic heterocycles. The fraction of sp³-hybridized carbons (Fsp3) is 0. The summed E-state index contributed by atoms with van der Waals surface area (Å²) in [7, 11) is 0. The summed E-state index contributed by atoms with van der Waals surface area (Å²) in [5.74, 6) is 4.11. The van der Waals surface area contributed by atoms with Crippen molar-refractivity contribution in [2.45, 2.75) is 0 Å². The monoisotopic (exact) mass is 1220 g/mol. The summed E-state index contributed by atoms with van der Waals surface area (Å²) in [6.45, 7) is 0. The molecule has 6 heterocycles. The standard InChI is InChI=1S/C72H40N8.Tl/c1-5-21-41(22-6-1)57-49-33-17-13-29-45(49)37-53-61(57)69-73-65(53)78-70-63-55(39-47-31-15-19-35-51(47)59(63)43-25-9-3-10-26-43)67(75-70)80-72-64-56(40-48-32-16-20-36-52(48)60(64)44-27-11-4-12-28-44)68(76-72)79-71-62-54(66(74-71)77-69)38-46-30-14-18-34-50(46)58(62)42-23-7-2-8-24-42;/h1-40H;/q-2;+2. The fourth-order valence-corrected chi connectivity index (χ4v) is 18.9. The average molecular weight is 1220 g/mol. The fourth-order valence-electron chi connectivity index (χ4n) is 13.3. The third kappa shape index (κ3) is 6.56. The zero-order valence-electron chi connectivity index (χ0n) is 43.2. The molecule has 8 nitrogen and oxygen atoms in total. The van der Waals surface area contributed by atoms with Gasteiger partial charge in [0.2, 0.25) is 0 Å². The first-order chi connectivity index (χ1) is 40.2. The van der Waals surface area contributed by atoms with Crippen LogP contribution in [0.2, 0.25) is 0 Å². The van der Waals surface area contributed by atoms with Crippen LogP contribution in [-0.2, 0) is 0 Å². The first-order valence-electron chi connectivity index (χ1n) is 27.4. The number of aliphatic imine (C=N–C) groups is 4. The van der Waals surface area contributed by atoms with Gasteiger partial charge in [-0.15, -0.1) is 0 Å². The zero-order valence-corrected chi connectivity index (χ0v) is 47.7. The summed E-state index contributed by atoms with van der Waals surface area (Å²) in [6.07, 6.45) is 0. The van der Waals surface area contributed by atoms with Crippen LogP contribution in [0.1, 0.15) is 22.3 Å². The van der Waals surface area contributed by atoms with E-state index < -0.39 is 24.8 Å². The number of fused-ring (bicyclic) bond motifs is 18. The molecule has 14 aromatic rings. The Hall–Kier alpha value is -10.0. The van der Waals surface area contributed by atoms with Crippen LogP contribution < -0.4 is 11.0 Å². The van der Waals surface area contributed by atoms with Crippen LogP contribution in [0.5, 0.6) is 0 Å². The Kier molecular flexibility index (Phi) is 9.55. The molecule has 0 saturated carbocycles. The van der Waals surface area contributed by atoms with E-state index in [2.05, 4.69) is 247 Å². The molecule has 0 unspecified atom stereocenters. The van der Waals surface area contributed by atoms with E-state index in [4.69, 9.17) is 30.0 Å². The summed E-state index contributed by atoms with van der Waals surface area (Å²) in [5, 5.41) is 13.0. The van der Waals surface area contributed by atoms with E-state index in [1.54, 1.807) is 0 Å². The minimum atomic E-state index is -2.90. The van der Waals surface area contributed by atoms with Gasteiger partial charge in [0.15, 0.2) is 0 Å². The molecule has 0 aliphatic carbocycles. The number of hydrogen-bond donors (Lipinski definition) is 0. The van der Waals surface area contributed by atoms with Crippen molar-refractivity contribution in [3.63, 3.8) is 0 Å². The van der Waals surface area contributed by atoms with Gasteiger partial charge in [0.1, 0.15) is 0 Å².